The first-order valence-electron chi connectivity index (χ1n) is 7.41. The molecule has 3 rings (SSSR count). The minimum atomic E-state index is 0.689. The first kappa shape index (κ1) is 13.1. The number of hydrogen-bond donors (Lipinski definition) is 1. The predicted octanol–water partition coefficient (Wildman–Crippen LogP) is 2.16. The second kappa shape index (κ2) is 6.04. The SMILES string of the molecule is COCc1cccc(CNC2CCN3CCCC23)c1. The average Bonchev–Trinajstić information content (AvgIpc) is 3.00. The van der Waals surface area contributed by atoms with Crippen LogP contribution in [0.3, 0.4) is 0 Å². The van der Waals surface area contributed by atoms with Crippen LogP contribution in [0.4, 0.5) is 0 Å². The maximum absolute atomic E-state index is 5.19. The van der Waals surface area contributed by atoms with E-state index in [0.717, 1.165) is 12.6 Å². The molecule has 0 bridgehead atoms. The van der Waals surface area contributed by atoms with Crippen molar-refractivity contribution in [3.8, 4) is 0 Å². The van der Waals surface area contributed by atoms with Gasteiger partial charge in [-0.2, -0.15) is 0 Å². The molecule has 1 aromatic carbocycles. The molecule has 0 aliphatic carbocycles. The quantitative estimate of drug-likeness (QED) is 0.878. The van der Waals surface area contributed by atoms with Crippen molar-refractivity contribution in [2.75, 3.05) is 20.2 Å². The Balaban J connectivity index is 1.55. The Morgan fingerprint density at radius 1 is 1.26 bits per heavy atom. The molecule has 1 N–H and O–H groups in total. The largest absolute Gasteiger partial charge is 0.380 e. The van der Waals surface area contributed by atoms with Crippen molar-refractivity contribution >= 4 is 0 Å². The summed E-state index contributed by atoms with van der Waals surface area (Å²) in [6.45, 7) is 4.28. The van der Waals surface area contributed by atoms with Crippen molar-refractivity contribution in [3.63, 3.8) is 0 Å². The smallest absolute Gasteiger partial charge is 0.0713 e. The Morgan fingerprint density at radius 2 is 2.16 bits per heavy atom. The van der Waals surface area contributed by atoms with E-state index in [0.29, 0.717) is 12.6 Å². The zero-order chi connectivity index (χ0) is 13.1. The van der Waals surface area contributed by atoms with Gasteiger partial charge < -0.3 is 10.1 Å². The Morgan fingerprint density at radius 3 is 3.05 bits per heavy atom. The number of fused-ring (bicyclic) bond motifs is 1. The molecule has 3 nitrogen and oxygen atoms in total. The summed E-state index contributed by atoms with van der Waals surface area (Å²) in [5, 5.41) is 3.76. The maximum Gasteiger partial charge on any atom is 0.0713 e. The van der Waals surface area contributed by atoms with Crippen LogP contribution in [0.5, 0.6) is 0 Å². The van der Waals surface area contributed by atoms with Gasteiger partial charge in [-0.1, -0.05) is 24.3 Å². The van der Waals surface area contributed by atoms with Crippen LogP contribution in [0.25, 0.3) is 0 Å². The highest BCUT2D eigenvalue weighted by molar-refractivity contribution is 5.23. The lowest BCUT2D eigenvalue weighted by atomic mass is 10.1. The molecule has 19 heavy (non-hydrogen) atoms. The highest BCUT2D eigenvalue weighted by atomic mass is 16.5. The highest BCUT2D eigenvalue weighted by Gasteiger charge is 2.36. The number of ether oxygens (including phenoxy) is 1. The van der Waals surface area contributed by atoms with E-state index in [1.54, 1.807) is 7.11 Å². The fraction of sp³-hybridized carbons (Fsp3) is 0.625. The molecule has 2 atom stereocenters. The van der Waals surface area contributed by atoms with Crippen molar-refractivity contribution in [3.05, 3.63) is 35.4 Å². The first-order valence-corrected chi connectivity index (χ1v) is 7.41. The number of rotatable bonds is 5. The van der Waals surface area contributed by atoms with Gasteiger partial charge in [-0.3, -0.25) is 4.90 Å². The van der Waals surface area contributed by atoms with Crippen LogP contribution in [0.1, 0.15) is 30.4 Å². The molecule has 0 spiro atoms. The molecule has 104 valence electrons. The lowest BCUT2D eigenvalue weighted by molar-refractivity contribution is 0.185. The maximum atomic E-state index is 5.19. The van der Waals surface area contributed by atoms with E-state index in [9.17, 15) is 0 Å². The molecule has 0 amide bonds. The lowest BCUT2D eigenvalue weighted by Gasteiger charge is -2.21. The van der Waals surface area contributed by atoms with E-state index < -0.39 is 0 Å². The van der Waals surface area contributed by atoms with E-state index >= 15 is 0 Å². The van der Waals surface area contributed by atoms with Crippen LogP contribution in [0.2, 0.25) is 0 Å². The van der Waals surface area contributed by atoms with E-state index in [2.05, 4.69) is 34.5 Å². The molecule has 3 heteroatoms. The third-order valence-corrected chi connectivity index (χ3v) is 4.48. The number of nitrogens with one attached hydrogen (secondary N) is 1. The fourth-order valence-corrected chi connectivity index (χ4v) is 3.57. The molecule has 2 fully saturated rings. The molecule has 2 unspecified atom stereocenters. The highest BCUT2D eigenvalue weighted by Crippen LogP contribution is 2.28. The van der Waals surface area contributed by atoms with E-state index in [-0.39, 0.29) is 0 Å². The summed E-state index contributed by atoms with van der Waals surface area (Å²) in [6.07, 6.45) is 4.07. The molecule has 0 saturated carbocycles. The summed E-state index contributed by atoms with van der Waals surface area (Å²) in [7, 11) is 1.75. The number of methoxy groups -OCH3 is 1. The molecular formula is C16H24N2O. The summed E-state index contributed by atoms with van der Waals surface area (Å²) >= 11 is 0. The summed E-state index contributed by atoms with van der Waals surface area (Å²) in [6, 6.07) is 10.2. The van der Waals surface area contributed by atoms with E-state index in [4.69, 9.17) is 4.74 Å². The van der Waals surface area contributed by atoms with Crippen molar-refractivity contribution in [1.29, 1.82) is 0 Å². The minimum absolute atomic E-state index is 0.689. The minimum Gasteiger partial charge on any atom is -0.380 e. The van der Waals surface area contributed by atoms with Gasteiger partial charge in [-0.15, -0.1) is 0 Å². The average molecular weight is 260 g/mol. The van der Waals surface area contributed by atoms with Gasteiger partial charge in [-0.05, 0) is 36.9 Å². The van der Waals surface area contributed by atoms with Crippen molar-refractivity contribution < 1.29 is 4.74 Å². The molecular weight excluding hydrogens is 236 g/mol. The van der Waals surface area contributed by atoms with Crippen LogP contribution in [-0.2, 0) is 17.9 Å². The zero-order valence-corrected chi connectivity index (χ0v) is 11.8. The van der Waals surface area contributed by atoms with Gasteiger partial charge in [0.2, 0.25) is 0 Å². The molecule has 2 aliphatic heterocycles. The van der Waals surface area contributed by atoms with Crippen LogP contribution >= 0.6 is 0 Å². The third kappa shape index (κ3) is 2.99. The Hall–Kier alpha value is -0.900. The fourth-order valence-electron chi connectivity index (χ4n) is 3.57. The van der Waals surface area contributed by atoms with Gasteiger partial charge in [0.1, 0.15) is 0 Å². The van der Waals surface area contributed by atoms with Gasteiger partial charge in [0.25, 0.3) is 0 Å². The molecule has 0 radical (unpaired) electrons. The number of nitrogens with zero attached hydrogens (tertiary/aromatic N) is 1. The summed E-state index contributed by atoms with van der Waals surface area (Å²) < 4.78 is 5.19. The van der Waals surface area contributed by atoms with Crippen molar-refractivity contribution in [2.24, 2.45) is 0 Å². The molecule has 2 aliphatic rings. The van der Waals surface area contributed by atoms with Gasteiger partial charge in [0.15, 0.2) is 0 Å². The number of hydrogen-bond acceptors (Lipinski definition) is 3. The topological polar surface area (TPSA) is 24.5 Å². The van der Waals surface area contributed by atoms with Crippen molar-refractivity contribution in [1.82, 2.24) is 10.2 Å². The predicted molar refractivity (Wildman–Crippen MR) is 77.0 cm³/mol. The monoisotopic (exact) mass is 260 g/mol. The normalized spacial score (nSPS) is 26.8. The second-order valence-corrected chi connectivity index (χ2v) is 5.77. The van der Waals surface area contributed by atoms with E-state index in [1.807, 2.05) is 0 Å². The second-order valence-electron chi connectivity index (χ2n) is 5.77. The van der Waals surface area contributed by atoms with Crippen molar-refractivity contribution in [2.45, 2.75) is 44.5 Å². The van der Waals surface area contributed by atoms with Gasteiger partial charge >= 0.3 is 0 Å². The van der Waals surface area contributed by atoms with Gasteiger partial charge in [0.05, 0.1) is 6.61 Å². The van der Waals surface area contributed by atoms with Gasteiger partial charge in [-0.25, -0.2) is 0 Å². The molecule has 1 aromatic rings. The Labute approximate surface area is 115 Å². The standard InChI is InChI=1S/C16H24N2O/c1-19-12-14-5-2-4-13(10-14)11-17-15-7-9-18-8-3-6-16(15)18/h2,4-5,10,15-17H,3,6-9,11-12H2,1H3. The molecule has 2 heterocycles. The summed E-state index contributed by atoms with van der Waals surface area (Å²) in [5.74, 6) is 0. The first-order chi connectivity index (χ1) is 9.36. The molecule has 2 saturated heterocycles. The summed E-state index contributed by atoms with van der Waals surface area (Å²) in [5.41, 5.74) is 2.63. The lowest BCUT2D eigenvalue weighted by Crippen LogP contribution is -2.38. The third-order valence-electron chi connectivity index (χ3n) is 4.48. The van der Waals surface area contributed by atoms with Crippen LogP contribution < -0.4 is 5.32 Å². The van der Waals surface area contributed by atoms with E-state index in [1.165, 1.54) is 43.5 Å². The van der Waals surface area contributed by atoms with Crippen LogP contribution in [0.15, 0.2) is 24.3 Å². The molecule has 0 aromatic heterocycles. The van der Waals surface area contributed by atoms with Crippen LogP contribution in [0, 0.1) is 0 Å². The van der Waals surface area contributed by atoms with Gasteiger partial charge in [0, 0.05) is 32.3 Å². The zero-order valence-electron chi connectivity index (χ0n) is 11.8. The number of benzene rings is 1. The Kier molecular flexibility index (Phi) is 4.16. The Bertz CT molecular complexity index is 421. The summed E-state index contributed by atoms with van der Waals surface area (Å²) in [4.78, 5) is 2.65. The van der Waals surface area contributed by atoms with Crippen LogP contribution in [-0.4, -0.2) is 37.2 Å².